The van der Waals surface area contributed by atoms with Crippen LogP contribution in [0, 0.1) is 0 Å². The number of aromatic nitrogens is 1. The van der Waals surface area contributed by atoms with Gasteiger partial charge in [0.25, 0.3) is 0 Å². The molecular formula is C17H24F3IN4. The Morgan fingerprint density at radius 1 is 1.16 bits per heavy atom. The van der Waals surface area contributed by atoms with E-state index in [0.29, 0.717) is 19.0 Å². The van der Waals surface area contributed by atoms with E-state index in [2.05, 4.69) is 38.4 Å². The van der Waals surface area contributed by atoms with Crippen LogP contribution in [0.4, 0.5) is 13.2 Å². The number of para-hydroxylation sites is 1. The van der Waals surface area contributed by atoms with Crippen molar-refractivity contribution in [1.82, 2.24) is 15.2 Å². The minimum absolute atomic E-state index is 0. The molecule has 0 atom stereocenters. The van der Waals surface area contributed by atoms with Crippen LogP contribution in [-0.2, 0) is 6.54 Å². The van der Waals surface area contributed by atoms with Gasteiger partial charge in [0.2, 0.25) is 0 Å². The molecule has 0 aliphatic carbocycles. The van der Waals surface area contributed by atoms with Crippen molar-refractivity contribution in [1.29, 1.82) is 0 Å². The third kappa shape index (κ3) is 7.54. The summed E-state index contributed by atoms with van der Waals surface area (Å²) >= 11 is 0. The molecule has 0 spiro atoms. The van der Waals surface area contributed by atoms with Crippen LogP contribution >= 0.6 is 24.0 Å². The maximum atomic E-state index is 12.2. The Hall–Kier alpha value is -1.45. The van der Waals surface area contributed by atoms with E-state index in [0.717, 1.165) is 13.0 Å². The van der Waals surface area contributed by atoms with Gasteiger partial charge in [0, 0.05) is 37.9 Å². The van der Waals surface area contributed by atoms with Crippen LogP contribution in [0.1, 0.15) is 19.8 Å². The number of aliphatic imine (C=N–C) groups is 1. The van der Waals surface area contributed by atoms with Crippen LogP contribution < -0.4 is 10.6 Å². The summed E-state index contributed by atoms with van der Waals surface area (Å²) in [6.45, 7) is 3.69. The molecule has 1 aromatic heterocycles. The normalized spacial score (nSPS) is 12.1. The number of guanidine groups is 1. The third-order valence-corrected chi connectivity index (χ3v) is 3.55. The van der Waals surface area contributed by atoms with E-state index < -0.39 is 12.6 Å². The Kier molecular flexibility index (Phi) is 9.09. The van der Waals surface area contributed by atoms with Crippen molar-refractivity contribution in [3.05, 3.63) is 36.5 Å². The van der Waals surface area contributed by atoms with Crippen molar-refractivity contribution in [2.24, 2.45) is 4.99 Å². The molecule has 0 aliphatic heterocycles. The lowest BCUT2D eigenvalue weighted by Gasteiger charge is -2.12. The number of nitrogens with one attached hydrogen (secondary N) is 2. The smallest absolute Gasteiger partial charge is 0.357 e. The minimum Gasteiger partial charge on any atom is -0.357 e. The zero-order chi connectivity index (χ0) is 17.4. The van der Waals surface area contributed by atoms with E-state index in [-0.39, 0.29) is 30.5 Å². The second kappa shape index (κ2) is 10.5. The standard InChI is InChI=1S/C17H23F3N4.HI/c1-2-21-16(23-11-9-17(18,19)20)22-10-5-12-24-13-8-14-6-3-4-7-15(14)24;/h3-4,6-8,13H,2,5,9-12H2,1H3,(H2,21,22,23);1H. The molecule has 2 N–H and O–H groups in total. The lowest BCUT2D eigenvalue weighted by molar-refractivity contribution is -0.132. The van der Waals surface area contributed by atoms with Crippen molar-refractivity contribution in [2.75, 3.05) is 19.6 Å². The Morgan fingerprint density at radius 2 is 1.92 bits per heavy atom. The summed E-state index contributed by atoms with van der Waals surface area (Å²) in [5.74, 6) is 0.430. The molecule has 4 nitrogen and oxygen atoms in total. The molecule has 0 saturated carbocycles. The van der Waals surface area contributed by atoms with Gasteiger partial charge in [-0.3, -0.25) is 4.99 Å². The minimum atomic E-state index is -4.15. The van der Waals surface area contributed by atoms with E-state index in [9.17, 15) is 13.2 Å². The van der Waals surface area contributed by atoms with E-state index in [1.807, 2.05) is 25.3 Å². The fourth-order valence-electron chi connectivity index (χ4n) is 2.43. The first-order valence-electron chi connectivity index (χ1n) is 8.12. The number of hydrogen-bond acceptors (Lipinski definition) is 1. The monoisotopic (exact) mass is 468 g/mol. The number of nitrogens with zero attached hydrogens (tertiary/aromatic N) is 2. The van der Waals surface area contributed by atoms with E-state index in [1.54, 1.807) is 0 Å². The highest BCUT2D eigenvalue weighted by Crippen LogP contribution is 2.18. The van der Waals surface area contributed by atoms with Crippen molar-refractivity contribution in [2.45, 2.75) is 32.5 Å². The average Bonchev–Trinajstić information content (AvgIpc) is 2.93. The van der Waals surface area contributed by atoms with Crippen molar-refractivity contribution >= 4 is 40.8 Å². The summed E-state index contributed by atoms with van der Waals surface area (Å²) in [6.07, 6.45) is -2.16. The molecule has 2 aromatic rings. The van der Waals surface area contributed by atoms with Gasteiger partial charge < -0.3 is 15.2 Å². The summed E-state index contributed by atoms with van der Waals surface area (Å²) in [4.78, 5) is 4.33. The fraction of sp³-hybridized carbons (Fsp3) is 0.471. The number of fused-ring (bicyclic) bond motifs is 1. The van der Waals surface area contributed by atoms with Gasteiger partial charge in [-0.15, -0.1) is 24.0 Å². The highest BCUT2D eigenvalue weighted by atomic mass is 127. The predicted octanol–water partition coefficient (Wildman–Crippen LogP) is 4.16. The molecule has 1 heterocycles. The molecule has 140 valence electrons. The summed E-state index contributed by atoms with van der Waals surface area (Å²) < 4.78 is 38.7. The molecule has 0 unspecified atom stereocenters. The van der Waals surface area contributed by atoms with E-state index >= 15 is 0 Å². The van der Waals surface area contributed by atoms with Crippen LogP contribution in [0.15, 0.2) is 41.5 Å². The van der Waals surface area contributed by atoms with Gasteiger partial charge >= 0.3 is 6.18 Å². The van der Waals surface area contributed by atoms with Gasteiger partial charge in [0.1, 0.15) is 0 Å². The van der Waals surface area contributed by atoms with E-state index in [1.165, 1.54) is 10.9 Å². The SMILES string of the molecule is CCNC(=NCCCn1ccc2ccccc21)NCCC(F)(F)F.I. The van der Waals surface area contributed by atoms with Gasteiger partial charge in [0.05, 0.1) is 6.42 Å². The molecule has 0 radical (unpaired) electrons. The number of aryl methyl sites for hydroxylation is 1. The highest BCUT2D eigenvalue weighted by molar-refractivity contribution is 14.0. The van der Waals surface area contributed by atoms with Crippen LogP contribution in [0.25, 0.3) is 10.9 Å². The second-order valence-electron chi connectivity index (χ2n) is 5.47. The Bertz CT molecular complexity index is 667. The fourth-order valence-corrected chi connectivity index (χ4v) is 2.43. The number of rotatable bonds is 7. The zero-order valence-corrected chi connectivity index (χ0v) is 16.5. The molecule has 25 heavy (non-hydrogen) atoms. The Balaban J connectivity index is 0.00000312. The number of halogens is 4. The van der Waals surface area contributed by atoms with Gasteiger partial charge in [-0.1, -0.05) is 18.2 Å². The maximum absolute atomic E-state index is 12.2. The van der Waals surface area contributed by atoms with Crippen LogP contribution in [-0.4, -0.2) is 36.3 Å². The lowest BCUT2D eigenvalue weighted by Crippen LogP contribution is -2.39. The number of alkyl halides is 3. The summed E-state index contributed by atoms with van der Waals surface area (Å²) in [5.41, 5.74) is 1.18. The van der Waals surface area contributed by atoms with Gasteiger partial charge in [-0.2, -0.15) is 13.2 Å². The summed E-state index contributed by atoms with van der Waals surface area (Å²) in [6, 6.07) is 10.2. The van der Waals surface area contributed by atoms with Gasteiger partial charge in [-0.25, -0.2) is 0 Å². The molecule has 8 heteroatoms. The van der Waals surface area contributed by atoms with Gasteiger partial charge in [-0.05, 0) is 30.9 Å². The first-order chi connectivity index (χ1) is 11.5. The van der Waals surface area contributed by atoms with Crippen molar-refractivity contribution in [3.63, 3.8) is 0 Å². The molecule has 0 amide bonds. The molecule has 2 rings (SSSR count). The second-order valence-corrected chi connectivity index (χ2v) is 5.47. The average molecular weight is 468 g/mol. The van der Waals surface area contributed by atoms with Crippen molar-refractivity contribution in [3.8, 4) is 0 Å². The molecule has 0 fully saturated rings. The lowest BCUT2D eigenvalue weighted by atomic mass is 10.2. The largest absolute Gasteiger partial charge is 0.390 e. The number of benzene rings is 1. The van der Waals surface area contributed by atoms with Gasteiger partial charge in [0.15, 0.2) is 5.96 Å². The maximum Gasteiger partial charge on any atom is 0.390 e. The van der Waals surface area contributed by atoms with Crippen LogP contribution in [0.5, 0.6) is 0 Å². The molecule has 0 saturated heterocycles. The first kappa shape index (κ1) is 21.6. The first-order valence-corrected chi connectivity index (χ1v) is 8.12. The van der Waals surface area contributed by atoms with Crippen LogP contribution in [0.2, 0.25) is 0 Å². The molecule has 1 aromatic carbocycles. The third-order valence-electron chi connectivity index (χ3n) is 3.55. The quantitative estimate of drug-likeness (QED) is 0.278. The van der Waals surface area contributed by atoms with E-state index in [4.69, 9.17) is 0 Å². The molecule has 0 bridgehead atoms. The number of hydrogen-bond donors (Lipinski definition) is 2. The summed E-state index contributed by atoms with van der Waals surface area (Å²) in [7, 11) is 0. The zero-order valence-electron chi connectivity index (χ0n) is 14.1. The molecule has 0 aliphatic rings. The molecular weight excluding hydrogens is 444 g/mol. The van der Waals surface area contributed by atoms with Crippen molar-refractivity contribution < 1.29 is 13.2 Å². The predicted molar refractivity (Wildman–Crippen MR) is 107 cm³/mol. The topological polar surface area (TPSA) is 41.4 Å². The highest BCUT2D eigenvalue weighted by Gasteiger charge is 2.26. The van der Waals surface area contributed by atoms with Crippen LogP contribution in [0.3, 0.4) is 0 Å². The summed E-state index contributed by atoms with van der Waals surface area (Å²) in [5, 5.41) is 6.87. The Morgan fingerprint density at radius 3 is 2.64 bits per heavy atom. The Labute approximate surface area is 162 Å².